The molecular formula is C11H23FO3S. The van der Waals surface area contributed by atoms with Crippen LogP contribution in [0.5, 0.6) is 0 Å². The Labute approximate surface area is 98.4 Å². The highest BCUT2D eigenvalue weighted by Crippen LogP contribution is 2.10. The van der Waals surface area contributed by atoms with Crippen molar-refractivity contribution < 1.29 is 17.3 Å². The Morgan fingerprint density at radius 3 is 1.75 bits per heavy atom. The van der Waals surface area contributed by atoms with E-state index >= 15 is 0 Å². The van der Waals surface area contributed by atoms with Gasteiger partial charge >= 0.3 is 0 Å². The summed E-state index contributed by atoms with van der Waals surface area (Å²) < 4.78 is 35.5. The van der Waals surface area contributed by atoms with Gasteiger partial charge in [-0.2, -0.15) is 8.42 Å². The molecule has 0 amide bonds. The zero-order valence-corrected chi connectivity index (χ0v) is 10.9. The van der Waals surface area contributed by atoms with Gasteiger partial charge in [0.15, 0.2) is 0 Å². The molecule has 0 saturated carbocycles. The number of unbranched alkanes of at least 4 members (excludes halogenated alkanes) is 8. The molecule has 0 fully saturated rings. The van der Waals surface area contributed by atoms with Crippen LogP contribution in [0.4, 0.5) is 4.53 Å². The molecule has 0 saturated heterocycles. The van der Waals surface area contributed by atoms with Gasteiger partial charge in [-0.05, 0) is 10.9 Å². The summed E-state index contributed by atoms with van der Waals surface area (Å²) >= 11 is 0. The quantitative estimate of drug-likeness (QED) is 0.527. The van der Waals surface area contributed by atoms with Crippen LogP contribution in [0.25, 0.3) is 0 Å². The van der Waals surface area contributed by atoms with E-state index in [9.17, 15) is 12.9 Å². The molecule has 0 spiro atoms. The van der Waals surface area contributed by atoms with Gasteiger partial charge in [0.2, 0.25) is 0 Å². The Morgan fingerprint density at radius 1 is 0.875 bits per heavy atom. The third kappa shape index (κ3) is 10.4. The van der Waals surface area contributed by atoms with Gasteiger partial charge in [0.25, 0.3) is 10.1 Å². The summed E-state index contributed by atoms with van der Waals surface area (Å²) in [5.74, 6) is -0.209. The van der Waals surface area contributed by atoms with Crippen LogP contribution in [0.3, 0.4) is 0 Å². The molecule has 3 nitrogen and oxygen atoms in total. The third-order valence-electron chi connectivity index (χ3n) is 2.59. The lowest BCUT2D eigenvalue weighted by atomic mass is 10.1. The fraction of sp³-hybridized carbons (Fsp3) is 1.00. The van der Waals surface area contributed by atoms with Crippen LogP contribution in [0.1, 0.15) is 64.7 Å². The van der Waals surface area contributed by atoms with Crippen LogP contribution in [-0.2, 0) is 14.5 Å². The van der Waals surface area contributed by atoms with Gasteiger partial charge in [-0.1, -0.05) is 62.7 Å². The van der Waals surface area contributed by atoms with E-state index in [1.165, 1.54) is 32.1 Å². The highest BCUT2D eigenvalue weighted by molar-refractivity contribution is 7.86. The number of rotatable bonds is 11. The molecule has 0 aliphatic heterocycles. The summed E-state index contributed by atoms with van der Waals surface area (Å²) in [5, 5.41) is 0. The van der Waals surface area contributed by atoms with E-state index in [2.05, 4.69) is 11.3 Å². The maximum Gasteiger partial charge on any atom is 0.297 e. The zero-order chi connectivity index (χ0) is 12.3. The van der Waals surface area contributed by atoms with Crippen LogP contribution in [-0.4, -0.2) is 14.2 Å². The van der Waals surface area contributed by atoms with E-state index in [4.69, 9.17) is 0 Å². The van der Waals surface area contributed by atoms with E-state index in [0.29, 0.717) is 6.42 Å². The van der Waals surface area contributed by atoms with E-state index < -0.39 is 10.1 Å². The average molecular weight is 254 g/mol. The van der Waals surface area contributed by atoms with Gasteiger partial charge in [0.05, 0.1) is 5.75 Å². The zero-order valence-electron chi connectivity index (χ0n) is 10.1. The first kappa shape index (κ1) is 15.8. The third-order valence-corrected chi connectivity index (χ3v) is 3.57. The van der Waals surface area contributed by atoms with Crippen LogP contribution >= 0.6 is 0 Å². The summed E-state index contributed by atoms with van der Waals surface area (Å²) in [6, 6.07) is 0. The summed E-state index contributed by atoms with van der Waals surface area (Å²) in [6.07, 6.45) is 9.80. The van der Waals surface area contributed by atoms with Gasteiger partial charge in [0.1, 0.15) is 0 Å². The summed E-state index contributed by atoms with van der Waals surface area (Å²) in [5.41, 5.74) is 0. The number of halogens is 1. The molecule has 0 atom stereocenters. The standard InChI is InChI=1S/C11H23FO3S/c1-2-3-4-5-6-7-8-9-10-11-16(13,14)15-12/h2-11H2,1H3. The van der Waals surface area contributed by atoms with Gasteiger partial charge in [-0.3, -0.25) is 0 Å². The highest BCUT2D eigenvalue weighted by Gasteiger charge is 2.10. The van der Waals surface area contributed by atoms with E-state index in [1.54, 1.807) is 0 Å². The second kappa shape index (κ2) is 10.0. The molecule has 0 bridgehead atoms. The summed E-state index contributed by atoms with van der Waals surface area (Å²) in [6.45, 7) is 2.19. The van der Waals surface area contributed by atoms with E-state index in [1.807, 2.05) is 0 Å². The van der Waals surface area contributed by atoms with Crippen LogP contribution in [0, 0.1) is 0 Å². The van der Waals surface area contributed by atoms with Crippen LogP contribution < -0.4 is 0 Å². The van der Waals surface area contributed by atoms with Crippen molar-refractivity contribution in [2.24, 2.45) is 0 Å². The molecule has 0 aliphatic carbocycles. The molecule has 0 rings (SSSR count). The first-order chi connectivity index (χ1) is 7.62. The number of hydrogen-bond acceptors (Lipinski definition) is 3. The van der Waals surface area contributed by atoms with Crippen molar-refractivity contribution in [3.05, 3.63) is 0 Å². The summed E-state index contributed by atoms with van der Waals surface area (Å²) in [7, 11) is -3.89. The molecule has 0 heterocycles. The molecule has 0 unspecified atom stereocenters. The monoisotopic (exact) mass is 254 g/mol. The predicted octanol–water partition coefficient (Wildman–Crippen LogP) is 3.75. The molecular weight excluding hydrogens is 231 g/mol. The van der Waals surface area contributed by atoms with Gasteiger partial charge in [-0.15, -0.1) is 0 Å². The minimum absolute atomic E-state index is 0.209. The Bertz CT molecular complexity index is 240. The van der Waals surface area contributed by atoms with Crippen molar-refractivity contribution in [1.29, 1.82) is 0 Å². The Hall–Kier alpha value is -0.160. The molecule has 0 radical (unpaired) electrons. The Balaban J connectivity index is 3.16. The second-order valence-electron chi connectivity index (χ2n) is 4.15. The predicted molar refractivity (Wildman–Crippen MR) is 63.2 cm³/mol. The maximum atomic E-state index is 11.4. The largest absolute Gasteiger partial charge is 0.297 e. The lowest BCUT2D eigenvalue weighted by Gasteiger charge is -2.01. The lowest BCUT2D eigenvalue weighted by molar-refractivity contribution is 0.00288. The molecule has 0 aliphatic rings. The molecule has 16 heavy (non-hydrogen) atoms. The SMILES string of the molecule is CCCCCCCCCCCS(=O)(=O)OF. The fourth-order valence-corrected chi connectivity index (χ4v) is 2.24. The normalized spacial score (nSPS) is 11.9. The van der Waals surface area contributed by atoms with Crippen LogP contribution in [0.2, 0.25) is 0 Å². The molecule has 0 aromatic rings. The summed E-state index contributed by atoms with van der Waals surface area (Å²) in [4.78, 5) is 0. The van der Waals surface area contributed by atoms with Crippen molar-refractivity contribution in [2.75, 3.05) is 5.75 Å². The van der Waals surface area contributed by atoms with Gasteiger partial charge in [-0.25, -0.2) is 0 Å². The molecule has 98 valence electrons. The maximum absolute atomic E-state index is 11.4. The van der Waals surface area contributed by atoms with Gasteiger partial charge < -0.3 is 0 Å². The Kier molecular flexibility index (Phi) is 9.92. The van der Waals surface area contributed by atoms with Crippen molar-refractivity contribution in [1.82, 2.24) is 0 Å². The van der Waals surface area contributed by atoms with Crippen LogP contribution in [0.15, 0.2) is 0 Å². The Morgan fingerprint density at radius 2 is 1.31 bits per heavy atom. The van der Waals surface area contributed by atoms with Crippen molar-refractivity contribution in [3.63, 3.8) is 0 Å². The van der Waals surface area contributed by atoms with Crippen molar-refractivity contribution in [3.8, 4) is 0 Å². The molecule has 0 aromatic heterocycles. The van der Waals surface area contributed by atoms with E-state index in [0.717, 1.165) is 19.3 Å². The molecule has 0 N–H and O–H groups in total. The topological polar surface area (TPSA) is 43.4 Å². The smallest absolute Gasteiger partial charge is 0.197 e. The molecule has 5 heteroatoms. The second-order valence-corrected chi connectivity index (χ2v) is 5.80. The molecule has 0 aromatic carbocycles. The van der Waals surface area contributed by atoms with Gasteiger partial charge in [0, 0.05) is 0 Å². The van der Waals surface area contributed by atoms with E-state index in [-0.39, 0.29) is 5.75 Å². The first-order valence-electron chi connectivity index (χ1n) is 6.15. The lowest BCUT2D eigenvalue weighted by Crippen LogP contribution is -2.05. The minimum Gasteiger partial charge on any atom is -0.197 e. The van der Waals surface area contributed by atoms with Crippen molar-refractivity contribution >= 4 is 10.1 Å². The average Bonchev–Trinajstić information content (AvgIpc) is 2.27. The minimum atomic E-state index is -3.89. The van der Waals surface area contributed by atoms with Crippen molar-refractivity contribution in [2.45, 2.75) is 64.7 Å². The first-order valence-corrected chi connectivity index (χ1v) is 7.73. The fourth-order valence-electron chi connectivity index (χ4n) is 1.62. The number of hydrogen-bond donors (Lipinski definition) is 0. The highest BCUT2D eigenvalue weighted by atomic mass is 32.2.